The molecule has 0 aromatic heterocycles. The van der Waals surface area contributed by atoms with Gasteiger partial charge in [-0.15, -0.1) is 0 Å². The van der Waals surface area contributed by atoms with E-state index in [4.69, 9.17) is 0 Å². The van der Waals surface area contributed by atoms with Crippen molar-refractivity contribution >= 4 is 17.3 Å². The quantitative estimate of drug-likeness (QED) is 0.0906. The van der Waals surface area contributed by atoms with Crippen LogP contribution in [-0.4, -0.2) is 92.3 Å². The molecule has 178 valence electrons. The van der Waals surface area contributed by atoms with Crippen molar-refractivity contribution in [2.24, 2.45) is 0 Å². The van der Waals surface area contributed by atoms with Crippen molar-refractivity contribution in [2.75, 3.05) is 0 Å². The summed E-state index contributed by atoms with van der Waals surface area (Å²) in [5.74, 6) is -12.2. The number of phenolic OH excluding ortho intramolecular Hbond substituents is 6. The molecule has 13 heteroatoms. The smallest absolute Gasteiger partial charge is 0.245 e. The molecular weight excluding hydrogens is 448 g/mol. The molecule has 0 unspecified atom stereocenters. The summed E-state index contributed by atoms with van der Waals surface area (Å²) in [5, 5.41) is 98.0. The fourth-order valence-electron chi connectivity index (χ4n) is 2.88. The van der Waals surface area contributed by atoms with E-state index in [1.807, 2.05) is 0 Å². The molecule has 13 nitrogen and oxygen atoms in total. The summed E-state index contributed by atoms with van der Waals surface area (Å²) in [5.41, 5.74) is -5.60. The van der Waals surface area contributed by atoms with Gasteiger partial charge >= 0.3 is 0 Å². The van der Waals surface area contributed by atoms with Crippen LogP contribution in [0.1, 0.15) is 27.6 Å². The minimum Gasteiger partial charge on any atom is -0.504 e. The average Bonchev–Trinajstić information content (AvgIpc) is 2.76. The predicted molar refractivity (Wildman–Crippen MR) is 105 cm³/mol. The second-order valence-electron chi connectivity index (χ2n) is 7.16. The first-order chi connectivity index (χ1) is 15.1. The second-order valence-corrected chi connectivity index (χ2v) is 7.16. The Morgan fingerprint density at radius 3 is 1.45 bits per heavy atom. The number of aliphatic hydroxyl groups is 4. The van der Waals surface area contributed by atoms with E-state index in [2.05, 4.69) is 0 Å². The zero-order valence-electron chi connectivity index (χ0n) is 16.7. The molecule has 0 fully saturated rings. The number of phenols is 6. The molecule has 0 bridgehead atoms. The molecule has 0 radical (unpaired) electrons. The Bertz CT molecular complexity index is 1080. The topological polar surface area (TPSA) is 254 Å². The van der Waals surface area contributed by atoms with Crippen molar-refractivity contribution < 1.29 is 65.4 Å². The summed E-state index contributed by atoms with van der Waals surface area (Å²) in [6.07, 6.45) is -7.07. The fourth-order valence-corrected chi connectivity index (χ4v) is 2.88. The number of hydrogen-bond donors (Lipinski definition) is 10. The molecule has 2 aromatic rings. The number of aliphatic hydroxyl groups excluding tert-OH is 3. The molecule has 0 aliphatic carbocycles. The van der Waals surface area contributed by atoms with Crippen LogP contribution in [0.3, 0.4) is 0 Å². The van der Waals surface area contributed by atoms with Gasteiger partial charge in [0.15, 0.2) is 34.5 Å². The highest BCUT2D eigenvalue weighted by molar-refractivity contribution is 6.51. The Labute approximate surface area is 184 Å². The zero-order chi connectivity index (χ0) is 25.4. The normalized spacial score (nSPS) is 15.8. The maximum Gasteiger partial charge on any atom is 0.245 e. The minimum atomic E-state index is -3.84. The molecule has 2 rings (SSSR count). The van der Waals surface area contributed by atoms with E-state index in [1.165, 1.54) is 0 Å². The van der Waals surface area contributed by atoms with Crippen molar-refractivity contribution in [3.63, 3.8) is 0 Å². The number of aromatic hydroxyl groups is 6. The van der Waals surface area contributed by atoms with Crippen molar-refractivity contribution in [1.82, 2.24) is 0 Å². The summed E-state index contributed by atoms with van der Waals surface area (Å²) in [4.78, 5) is 38.6. The number of hydrogen-bond acceptors (Lipinski definition) is 13. The maximum absolute atomic E-state index is 13.0. The van der Waals surface area contributed by atoms with Crippen LogP contribution in [-0.2, 0) is 4.79 Å². The molecule has 10 N–H and O–H groups in total. The first-order valence-corrected chi connectivity index (χ1v) is 9.04. The Kier molecular flexibility index (Phi) is 6.85. The Morgan fingerprint density at radius 1 is 0.727 bits per heavy atom. The first-order valence-electron chi connectivity index (χ1n) is 9.04. The maximum atomic E-state index is 13.0. The Balaban J connectivity index is 2.68. The van der Waals surface area contributed by atoms with Crippen LogP contribution < -0.4 is 0 Å². The van der Waals surface area contributed by atoms with Crippen LogP contribution in [0.4, 0.5) is 0 Å². The van der Waals surface area contributed by atoms with Crippen LogP contribution in [0, 0.1) is 0 Å². The van der Waals surface area contributed by atoms with Crippen LogP contribution >= 0.6 is 0 Å². The van der Waals surface area contributed by atoms with Gasteiger partial charge in [0.1, 0.15) is 12.2 Å². The highest BCUT2D eigenvalue weighted by Crippen LogP contribution is 2.38. The first kappa shape index (κ1) is 25.4. The molecule has 2 aromatic carbocycles. The molecular formula is C20H20O13. The second kappa shape index (κ2) is 8.91. The lowest BCUT2D eigenvalue weighted by molar-refractivity contribution is -0.154. The molecule has 0 saturated heterocycles. The van der Waals surface area contributed by atoms with E-state index in [1.54, 1.807) is 0 Å². The lowest BCUT2D eigenvalue weighted by Crippen LogP contribution is -2.63. The summed E-state index contributed by atoms with van der Waals surface area (Å²) in [6.45, 7) is 0.916. The fraction of sp³-hybridized carbons (Fsp3) is 0.250. The van der Waals surface area contributed by atoms with Crippen molar-refractivity contribution in [3.05, 3.63) is 35.4 Å². The number of carbonyl (C=O) groups is 3. The van der Waals surface area contributed by atoms with Gasteiger partial charge in [0.25, 0.3) is 0 Å². The molecule has 0 amide bonds. The van der Waals surface area contributed by atoms with Crippen LogP contribution in [0.5, 0.6) is 34.5 Å². The summed E-state index contributed by atoms with van der Waals surface area (Å²) in [7, 11) is 0. The number of rotatable bonds is 8. The lowest BCUT2D eigenvalue weighted by Gasteiger charge is -2.33. The third kappa shape index (κ3) is 4.38. The SMILES string of the molecule is C[C@H](O)[C@H](O)[C@@H](O)[C@@](O)(C(=O)C(=O)c1cc(O)c(O)c(O)c1)C(=O)c1cc(O)c(O)c(O)c1. The van der Waals surface area contributed by atoms with Gasteiger partial charge in [0.05, 0.1) is 6.10 Å². The van der Waals surface area contributed by atoms with Gasteiger partial charge in [0, 0.05) is 11.1 Å². The largest absolute Gasteiger partial charge is 0.504 e. The van der Waals surface area contributed by atoms with E-state index in [0.29, 0.717) is 24.3 Å². The molecule has 33 heavy (non-hydrogen) atoms. The zero-order valence-corrected chi connectivity index (χ0v) is 16.7. The minimum absolute atomic E-state index is 0.472. The van der Waals surface area contributed by atoms with Gasteiger partial charge in [-0.1, -0.05) is 0 Å². The Morgan fingerprint density at radius 2 is 1.09 bits per heavy atom. The third-order valence-corrected chi connectivity index (χ3v) is 4.81. The molecule has 0 saturated carbocycles. The van der Waals surface area contributed by atoms with E-state index in [0.717, 1.165) is 6.92 Å². The highest BCUT2D eigenvalue weighted by atomic mass is 16.4. The van der Waals surface area contributed by atoms with Gasteiger partial charge in [-0.3, -0.25) is 14.4 Å². The monoisotopic (exact) mass is 468 g/mol. The number of carbonyl (C=O) groups excluding carboxylic acids is 3. The number of Topliss-reactive ketones (excluding diaryl/α,β-unsaturated/α-hetero) is 3. The van der Waals surface area contributed by atoms with Crippen molar-refractivity contribution in [3.8, 4) is 34.5 Å². The van der Waals surface area contributed by atoms with E-state index < -0.39 is 86.9 Å². The summed E-state index contributed by atoms with van der Waals surface area (Å²) >= 11 is 0. The third-order valence-electron chi connectivity index (χ3n) is 4.81. The van der Waals surface area contributed by atoms with Crippen LogP contribution in [0.25, 0.3) is 0 Å². The van der Waals surface area contributed by atoms with E-state index in [-0.39, 0.29) is 0 Å². The lowest BCUT2D eigenvalue weighted by atomic mass is 9.78. The number of ketones is 3. The van der Waals surface area contributed by atoms with Crippen molar-refractivity contribution in [2.45, 2.75) is 30.8 Å². The van der Waals surface area contributed by atoms with Gasteiger partial charge in [-0.25, -0.2) is 0 Å². The highest BCUT2D eigenvalue weighted by Gasteiger charge is 2.56. The van der Waals surface area contributed by atoms with E-state index >= 15 is 0 Å². The summed E-state index contributed by atoms with van der Waals surface area (Å²) in [6, 6.07) is 1.94. The Hall–Kier alpha value is -3.91. The predicted octanol–water partition coefficient (Wildman–Crippen LogP) is -1.61. The van der Waals surface area contributed by atoms with Gasteiger partial charge in [-0.05, 0) is 31.2 Å². The average molecular weight is 468 g/mol. The molecule has 0 heterocycles. The van der Waals surface area contributed by atoms with Gasteiger partial charge < -0.3 is 51.1 Å². The van der Waals surface area contributed by atoms with Gasteiger partial charge in [-0.2, -0.15) is 0 Å². The van der Waals surface area contributed by atoms with Crippen molar-refractivity contribution in [1.29, 1.82) is 0 Å². The van der Waals surface area contributed by atoms with Gasteiger partial charge in [0.2, 0.25) is 23.0 Å². The molecule has 4 atom stereocenters. The molecule has 0 spiro atoms. The number of benzene rings is 2. The van der Waals surface area contributed by atoms with Crippen LogP contribution in [0.15, 0.2) is 24.3 Å². The molecule has 0 aliphatic heterocycles. The molecule has 0 aliphatic rings. The standard InChI is InChI=1S/C20H20O13/c1-6(21)13(26)18(31)20(33,17(30)8-4-11(24)16(29)12(25)5-8)19(32)14(27)7-2-9(22)15(28)10(23)3-7/h2-6,13,18,21-26,28-29,31,33H,1H3/t6-,13-,18+,20+/m0/s1. The summed E-state index contributed by atoms with van der Waals surface area (Å²) < 4.78 is 0. The van der Waals surface area contributed by atoms with Crippen LogP contribution in [0.2, 0.25) is 0 Å². The van der Waals surface area contributed by atoms with E-state index in [9.17, 15) is 65.4 Å².